The molecule has 0 bridgehead atoms. The SMILES string of the molecule is CCC=C[C@@](C(=O)O)([C@@H](C)O)N(C)C. The molecular weight excluding hydrogens is 182 g/mol. The summed E-state index contributed by atoms with van der Waals surface area (Å²) in [5.41, 5.74) is -1.32. The summed E-state index contributed by atoms with van der Waals surface area (Å²) >= 11 is 0. The number of allylic oxidation sites excluding steroid dienone is 1. The van der Waals surface area contributed by atoms with Crippen LogP contribution in [0.2, 0.25) is 0 Å². The maximum absolute atomic E-state index is 11.2. The van der Waals surface area contributed by atoms with Gasteiger partial charge < -0.3 is 10.2 Å². The topological polar surface area (TPSA) is 60.8 Å². The fraction of sp³-hybridized carbons (Fsp3) is 0.700. The van der Waals surface area contributed by atoms with Crippen molar-refractivity contribution in [2.24, 2.45) is 0 Å². The van der Waals surface area contributed by atoms with Crippen molar-refractivity contribution < 1.29 is 15.0 Å². The fourth-order valence-corrected chi connectivity index (χ4v) is 1.40. The van der Waals surface area contributed by atoms with Crippen molar-refractivity contribution in [2.45, 2.75) is 31.9 Å². The van der Waals surface area contributed by atoms with Crippen LogP contribution >= 0.6 is 0 Å². The predicted octanol–water partition coefficient (Wildman–Crippen LogP) is 0.718. The summed E-state index contributed by atoms with van der Waals surface area (Å²) in [7, 11) is 3.28. The molecule has 0 aromatic carbocycles. The van der Waals surface area contributed by atoms with Crippen molar-refractivity contribution in [1.82, 2.24) is 4.90 Å². The van der Waals surface area contributed by atoms with Gasteiger partial charge in [0.2, 0.25) is 0 Å². The van der Waals surface area contributed by atoms with E-state index in [1.807, 2.05) is 6.92 Å². The zero-order valence-electron chi connectivity index (χ0n) is 9.19. The number of carboxylic acids is 1. The molecule has 0 saturated carbocycles. The van der Waals surface area contributed by atoms with E-state index in [0.29, 0.717) is 0 Å². The lowest BCUT2D eigenvalue weighted by molar-refractivity contribution is -0.152. The van der Waals surface area contributed by atoms with Gasteiger partial charge in [0.25, 0.3) is 0 Å². The maximum atomic E-state index is 11.2. The van der Waals surface area contributed by atoms with Gasteiger partial charge in [-0.05, 0) is 27.4 Å². The average Bonchev–Trinajstić information content (AvgIpc) is 2.03. The monoisotopic (exact) mass is 201 g/mol. The first-order valence-corrected chi connectivity index (χ1v) is 4.66. The molecule has 14 heavy (non-hydrogen) atoms. The molecule has 0 aromatic heterocycles. The molecule has 0 heterocycles. The molecule has 0 aromatic rings. The minimum atomic E-state index is -1.32. The highest BCUT2D eigenvalue weighted by Gasteiger charge is 2.43. The van der Waals surface area contributed by atoms with Gasteiger partial charge in [0, 0.05) is 0 Å². The van der Waals surface area contributed by atoms with Crippen molar-refractivity contribution in [3.63, 3.8) is 0 Å². The second kappa shape index (κ2) is 5.12. The van der Waals surface area contributed by atoms with E-state index in [-0.39, 0.29) is 0 Å². The van der Waals surface area contributed by atoms with E-state index in [2.05, 4.69) is 0 Å². The van der Waals surface area contributed by atoms with E-state index in [4.69, 9.17) is 5.11 Å². The molecule has 0 rings (SSSR count). The van der Waals surface area contributed by atoms with Crippen LogP contribution in [0.15, 0.2) is 12.2 Å². The van der Waals surface area contributed by atoms with Gasteiger partial charge in [0.1, 0.15) is 0 Å². The van der Waals surface area contributed by atoms with E-state index in [9.17, 15) is 9.90 Å². The smallest absolute Gasteiger partial charge is 0.330 e. The molecule has 0 unspecified atom stereocenters. The second-order valence-corrected chi connectivity index (χ2v) is 3.51. The Morgan fingerprint density at radius 1 is 1.57 bits per heavy atom. The number of hydrogen-bond donors (Lipinski definition) is 2. The number of carbonyl (C=O) groups is 1. The van der Waals surface area contributed by atoms with E-state index in [0.717, 1.165) is 6.42 Å². The number of likely N-dealkylation sites (N-methyl/N-ethyl adjacent to an activating group) is 1. The Morgan fingerprint density at radius 2 is 2.07 bits per heavy atom. The van der Waals surface area contributed by atoms with Gasteiger partial charge in [0.15, 0.2) is 5.54 Å². The van der Waals surface area contributed by atoms with Crippen molar-refractivity contribution in [1.29, 1.82) is 0 Å². The zero-order chi connectivity index (χ0) is 11.4. The molecule has 2 N–H and O–H groups in total. The number of rotatable bonds is 5. The molecule has 0 amide bonds. The quantitative estimate of drug-likeness (QED) is 0.643. The van der Waals surface area contributed by atoms with Gasteiger partial charge >= 0.3 is 5.97 Å². The van der Waals surface area contributed by atoms with Crippen LogP contribution in [0.5, 0.6) is 0 Å². The minimum absolute atomic E-state index is 0.746. The molecule has 0 fully saturated rings. The second-order valence-electron chi connectivity index (χ2n) is 3.51. The number of aliphatic hydroxyl groups is 1. The van der Waals surface area contributed by atoms with E-state index >= 15 is 0 Å². The van der Waals surface area contributed by atoms with E-state index < -0.39 is 17.6 Å². The lowest BCUT2D eigenvalue weighted by atomic mass is 9.91. The third-order valence-electron chi connectivity index (χ3n) is 2.33. The normalized spacial score (nSPS) is 18.4. The number of carboxylic acid groups (broad SMARTS) is 1. The minimum Gasteiger partial charge on any atom is -0.480 e. The van der Waals surface area contributed by atoms with Crippen LogP contribution in [0, 0.1) is 0 Å². The van der Waals surface area contributed by atoms with Crippen molar-refractivity contribution in [2.75, 3.05) is 14.1 Å². The van der Waals surface area contributed by atoms with E-state index in [1.165, 1.54) is 11.8 Å². The summed E-state index contributed by atoms with van der Waals surface area (Å²) in [4.78, 5) is 12.7. The molecular formula is C10H19NO3. The summed E-state index contributed by atoms with van der Waals surface area (Å²) < 4.78 is 0. The Labute approximate surface area is 84.8 Å². The molecule has 4 heteroatoms. The largest absolute Gasteiger partial charge is 0.480 e. The summed E-state index contributed by atoms with van der Waals surface area (Å²) in [5, 5.41) is 18.7. The molecule has 2 atom stereocenters. The lowest BCUT2D eigenvalue weighted by Crippen LogP contribution is -2.57. The molecule has 0 spiro atoms. The Morgan fingerprint density at radius 3 is 2.29 bits per heavy atom. The van der Waals surface area contributed by atoms with Crippen LogP contribution in [-0.2, 0) is 4.79 Å². The first-order valence-electron chi connectivity index (χ1n) is 4.66. The lowest BCUT2D eigenvalue weighted by Gasteiger charge is -2.35. The predicted molar refractivity (Wildman–Crippen MR) is 55.2 cm³/mol. The highest BCUT2D eigenvalue weighted by Crippen LogP contribution is 2.20. The number of hydrogen-bond acceptors (Lipinski definition) is 3. The Hall–Kier alpha value is -0.870. The highest BCUT2D eigenvalue weighted by molar-refractivity contribution is 5.82. The van der Waals surface area contributed by atoms with Gasteiger partial charge in [0.05, 0.1) is 6.10 Å². The third kappa shape index (κ3) is 2.33. The molecule has 0 saturated heterocycles. The molecule has 0 radical (unpaired) electrons. The van der Waals surface area contributed by atoms with Crippen molar-refractivity contribution in [3.05, 3.63) is 12.2 Å². The van der Waals surface area contributed by atoms with Crippen LogP contribution in [-0.4, -0.2) is 46.8 Å². The number of aliphatic carboxylic acids is 1. The van der Waals surface area contributed by atoms with Crippen LogP contribution in [0.4, 0.5) is 0 Å². The highest BCUT2D eigenvalue weighted by atomic mass is 16.4. The maximum Gasteiger partial charge on any atom is 0.330 e. The average molecular weight is 201 g/mol. The van der Waals surface area contributed by atoms with Gasteiger partial charge in [-0.25, -0.2) is 4.79 Å². The Kier molecular flexibility index (Phi) is 4.80. The van der Waals surface area contributed by atoms with Crippen molar-refractivity contribution in [3.8, 4) is 0 Å². The van der Waals surface area contributed by atoms with Crippen LogP contribution in [0.1, 0.15) is 20.3 Å². The molecule has 0 aliphatic carbocycles. The van der Waals surface area contributed by atoms with Gasteiger partial charge in [-0.1, -0.05) is 19.1 Å². The van der Waals surface area contributed by atoms with Crippen molar-refractivity contribution >= 4 is 5.97 Å². The van der Waals surface area contributed by atoms with Crippen LogP contribution in [0.25, 0.3) is 0 Å². The first kappa shape index (κ1) is 13.1. The van der Waals surface area contributed by atoms with Gasteiger partial charge in [-0.15, -0.1) is 0 Å². The third-order valence-corrected chi connectivity index (χ3v) is 2.33. The molecule has 82 valence electrons. The summed E-state index contributed by atoms with van der Waals surface area (Å²) in [6, 6.07) is 0. The van der Waals surface area contributed by atoms with Crippen LogP contribution in [0.3, 0.4) is 0 Å². The summed E-state index contributed by atoms with van der Waals surface area (Å²) in [5.74, 6) is -1.04. The molecule has 0 aliphatic heterocycles. The summed E-state index contributed by atoms with van der Waals surface area (Å²) in [6.45, 7) is 3.40. The molecule has 4 nitrogen and oxygen atoms in total. The van der Waals surface area contributed by atoms with E-state index in [1.54, 1.807) is 26.2 Å². The molecule has 0 aliphatic rings. The standard InChI is InChI=1S/C10H19NO3/c1-5-6-7-10(8(2)12,9(13)14)11(3)4/h6-8,12H,5H2,1-4H3,(H,13,14)/t8-,10+/m1/s1. The van der Waals surface area contributed by atoms with Gasteiger partial charge in [-0.2, -0.15) is 0 Å². The van der Waals surface area contributed by atoms with Gasteiger partial charge in [-0.3, -0.25) is 4.90 Å². The zero-order valence-corrected chi connectivity index (χ0v) is 9.19. The van der Waals surface area contributed by atoms with Crippen LogP contribution < -0.4 is 0 Å². The Balaban J connectivity index is 5.16. The summed E-state index contributed by atoms with van der Waals surface area (Å²) in [6.07, 6.45) is 3.08. The number of nitrogens with zero attached hydrogens (tertiary/aromatic N) is 1. The fourth-order valence-electron chi connectivity index (χ4n) is 1.40. The first-order chi connectivity index (χ1) is 6.39. The Bertz CT molecular complexity index is 213. The number of aliphatic hydroxyl groups excluding tert-OH is 1.